The lowest BCUT2D eigenvalue weighted by Gasteiger charge is -2.46. The van der Waals surface area contributed by atoms with Gasteiger partial charge >= 0.3 is 6.01 Å². The van der Waals surface area contributed by atoms with E-state index in [1.54, 1.807) is 13.1 Å². The van der Waals surface area contributed by atoms with Crippen LogP contribution in [0.2, 0.25) is 5.02 Å². The first-order valence-electron chi connectivity index (χ1n) is 17.8. The highest BCUT2D eigenvalue weighted by Crippen LogP contribution is 2.52. The molecule has 11 nitrogen and oxygen atoms in total. The van der Waals surface area contributed by atoms with Crippen LogP contribution >= 0.6 is 11.6 Å². The zero-order chi connectivity index (χ0) is 33.5. The monoisotopic (exact) mass is 691 g/mol. The number of aliphatic hydroxyl groups is 1. The van der Waals surface area contributed by atoms with Crippen molar-refractivity contribution in [3.05, 3.63) is 28.7 Å². The number of β-amino-alcohol motifs (C(OH)–C–C–N with tert-alkyl or cyclic N) is 1. The molecule has 0 bridgehead atoms. The van der Waals surface area contributed by atoms with E-state index in [0.29, 0.717) is 59.1 Å². The van der Waals surface area contributed by atoms with E-state index in [-0.39, 0.29) is 47.6 Å². The molecule has 2 aliphatic heterocycles. The number of aromatic amines is 1. The fourth-order valence-electron chi connectivity index (χ4n) is 8.99. The number of hydrogen-bond donors (Lipinski definition) is 2. The number of H-pyrrole nitrogens is 1. The Morgan fingerprint density at radius 3 is 2.76 bits per heavy atom. The van der Waals surface area contributed by atoms with Crippen LogP contribution in [-0.4, -0.2) is 99.4 Å². The summed E-state index contributed by atoms with van der Waals surface area (Å²) in [5, 5.41) is 20.0. The molecule has 1 aromatic carbocycles. The van der Waals surface area contributed by atoms with Gasteiger partial charge in [-0.05, 0) is 82.4 Å². The SMILES string of the molecule is COc1nc(-c2c(C3CC3)c(Cl)cc3[nH]ncc23)c(F)c2nc(OC[C@]34CCC[C@H]3N(C3CC3)CCC4)nc(N3CCOC[C@@](C)(O)C3)c12. The second-order valence-electron chi connectivity index (χ2n) is 15.2. The normalized spacial score (nSPS) is 27.9. The quantitative estimate of drug-likeness (QED) is 0.227. The van der Waals surface area contributed by atoms with Crippen molar-refractivity contribution in [3.63, 3.8) is 0 Å². The number of pyridine rings is 1. The molecule has 3 saturated carbocycles. The summed E-state index contributed by atoms with van der Waals surface area (Å²) < 4.78 is 35.6. The minimum absolute atomic E-state index is 0.0198. The van der Waals surface area contributed by atoms with Crippen LogP contribution in [0.1, 0.15) is 76.2 Å². The van der Waals surface area contributed by atoms with Crippen molar-refractivity contribution in [1.29, 1.82) is 0 Å². The summed E-state index contributed by atoms with van der Waals surface area (Å²) in [6.07, 6.45) is 11.9. The van der Waals surface area contributed by atoms with Gasteiger partial charge in [-0.25, -0.2) is 9.37 Å². The standard InChI is InChI=1S/C36H43ClFN7O4/c1-35(46)17-44(13-14-48-18-35)32-28-31(41-34(42-32)49-19-36-10-3-5-25(36)45(12-4-11-36)21-8-9-21)29(38)30(40-33(28)47-2)27-22-16-39-43-24(22)15-23(37)26(27)20-6-7-20/h15-16,20-21,25,46H,3-14,17-19H2,1-2H3,(H,39,43)/t25-,35+,36-/m1/s1. The number of fused-ring (bicyclic) bond motifs is 3. The van der Waals surface area contributed by atoms with E-state index >= 15 is 4.39 Å². The third-order valence-corrected chi connectivity index (χ3v) is 11.8. The van der Waals surface area contributed by atoms with Gasteiger partial charge in [0, 0.05) is 40.0 Å². The number of aromatic nitrogens is 5. The molecule has 49 heavy (non-hydrogen) atoms. The number of anilines is 1. The number of likely N-dealkylation sites (tertiary alicyclic amines) is 1. The molecule has 3 aliphatic carbocycles. The third kappa shape index (κ3) is 5.50. The van der Waals surface area contributed by atoms with E-state index in [0.717, 1.165) is 49.6 Å². The topological polar surface area (TPSA) is 122 Å². The molecule has 3 aromatic heterocycles. The van der Waals surface area contributed by atoms with E-state index in [9.17, 15) is 5.11 Å². The molecular formula is C36H43ClFN7O4. The van der Waals surface area contributed by atoms with Crippen molar-refractivity contribution in [2.75, 3.05) is 51.5 Å². The lowest BCUT2D eigenvalue weighted by Crippen LogP contribution is -2.52. The maximum absolute atomic E-state index is 17.4. The number of methoxy groups -OCH3 is 1. The maximum Gasteiger partial charge on any atom is 0.319 e. The number of hydrogen-bond acceptors (Lipinski definition) is 10. The van der Waals surface area contributed by atoms with Gasteiger partial charge in [-0.3, -0.25) is 10.00 Å². The summed E-state index contributed by atoms with van der Waals surface area (Å²) in [6.45, 7) is 4.52. The molecule has 2 saturated heterocycles. The Balaban J connectivity index is 1.20. The van der Waals surface area contributed by atoms with Gasteiger partial charge in [-0.15, -0.1) is 0 Å². The Hall–Kier alpha value is -3.32. The van der Waals surface area contributed by atoms with E-state index < -0.39 is 11.4 Å². The zero-order valence-electron chi connectivity index (χ0n) is 28.1. The summed E-state index contributed by atoms with van der Waals surface area (Å²) in [6, 6.07) is 3.14. The molecule has 5 heterocycles. The number of ether oxygens (including phenoxy) is 3. The fourth-order valence-corrected chi connectivity index (χ4v) is 9.34. The Labute approximate surface area is 289 Å². The van der Waals surface area contributed by atoms with Crippen molar-refractivity contribution in [2.45, 2.75) is 88.3 Å². The first-order valence-corrected chi connectivity index (χ1v) is 18.2. The molecule has 0 radical (unpaired) electrons. The molecule has 0 unspecified atom stereocenters. The molecule has 9 rings (SSSR count). The molecule has 4 aromatic rings. The number of benzene rings is 1. The van der Waals surface area contributed by atoms with Gasteiger partial charge in [0.15, 0.2) is 5.82 Å². The lowest BCUT2D eigenvalue weighted by atomic mass is 9.75. The van der Waals surface area contributed by atoms with E-state index in [1.165, 1.54) is 32.8 Å². The molecule has 260 valence electrons. The Morgan fingerprint density at radius 1 is 1.12 bits per heavy atom. The molecular weight excluding hydrogens is 649 g/mol. The van der Waals surface area contributed by atoms with Gasteiger partial charge in [-0.1, -0.05) is 18.0 Å². The fraction of sp³-hybridized carbons (Fsp3) is 0.611. The molecule has 3 atom stereocenters. The summed E-state index contributed by atoms with van der Waals surface area (Å²) in [5.41, 5.74) is 1.16. The summed E-state index contributed by atoms with van der Waals surface area (Å²) >= 11 is 6.86. The predicted octanol–water partition coefficient (Wildman–Crippen LogP) is 6.01. The van der Waals surface area contributed by atoms with Crippen molar-refractivity contribution >= 4 is 39.2 Å². The van der Waals surface area contributed by atoms with Crippen molar-refractivity contribution in [2.24, 2.45) is 5.41 Å². The van der Waals surface area contributed by atoms with Gasteiger partial charge in [0.25, 0.3) is 0 Å². The van der Waals surface area contributed by atoms with Crippen LogP contribution in [-0.2, 0) is 4.74 Å². The van der Waals surface area contributed by atoms with Crippen LogP contribution in [0.25, 0.3) is 33.1 Å². The molecule has 0 amide bonds. The first-order chi connectivity index (χ1) is 23.7. The second kappa shape index (κ2) is 11.9. The third-order valence-electron chi connectivity index (χ3n) is 11.5. The van der Waals surface area contributed by atoms with E-state index in [2.05, 4.69) is 15.1 Å². The molecule has 5 aliphatic rings. The first kappa shape index (κ1) is 31.6. The van der Waals surface area contributed by atoms with Gasteiger partial charge in [0.1, 0.15) is 28.0 Å². The number of piperidine rings is 1. The molecule has 5 fully saturated rings. The van der Waals surface area contributed by atoms with Crippen LogP contribution in [0, 0.1) is 11.2 Å². The number of nitrogens with one attached hydrogen (secondary N) is 1. The highest BCUT2D eigenvalue weighted by atomic mass is 35.5. The smallest absolute Gasteiger partial charge is 0.319 e. The zero-order valence-corrected chi connectivity index (χ0v) is 28.9. The average Bonchev–Trinajstić information content (AvgIpc) is 4.03. The van der Waals surface area contributed by atoms with Gasteiger partial charge in [0.05, 0.1) is 45.2 Å². The Kier molecular flexibility index (Phi) is 7.68. The highest BCUT2D eigenvalue weighted by molar-refractivity contribution is 6.33. The van der Waals surface area contributed by atoms with Crippen LogP contribution in [0.15, 0.2) is 12.3 Å². The minimum Gasteiger partial charge on any atom is -0.480 e. The summed E-state index contributed by atoms with van der Waals surface area (Å²) in [7, 11) is 1.51. The van der Waals surface area contributed by atoms with Crippen LogP contribution in [0.4, 0.5) is 10.2 Å². The summed E-state index contributed by atoms with van der Waals surface area (Å²) in [4.78, 5) is 19.2. The number of rotatable bonds is 8. The van der Waals surface area contributed by atoms with Gasteiger partial charge < -0.3 is 24.2 Å². The maximum atomic E-state index is 17.4. The average molecular weight is 692 g/mol. The number of halogens is 2. The second-order valence-corrected chi connectivity index (χ2v) is 15.6. The molecule has 0 spiro atoms. The van der Waals surface area contributed by atoms with Gasteiger partial charge in [0.2, 0.25) is 5.88 Å². The predicted molar refractivity (Wildman–Crippen MR) is 184 cm³/mol. The van der Waals surface area contributed by atoms with E-state index in [4.69, 9.17) is 40.8 Å². The van der Waals surface area contributed by atoms with E-state index in [1.807, 2.05) is 11.0 Å². The highest BCUT2D eigenvalue weighted by Gasteiger charge is 2.51. The van der Waals surface area contributed by atoms with Crippen LogP contribution < -0.4 is 14.4 Å². The minimum atomic E-state index is -1.16. The molecule has 13 heteroatoms. The molecule has 2 N–H and O–H groups in total. The summed E-state index contributed by atoms with van der Waals surface area (Å²) in [5.74, 6) is 0.167. The lowest BCUT2D eigenvalue weighted by molar-refractivity contribution is -0.0123. The largest absolute Gasteiger partial charge is 0.480 e. The Bertz CT molecular complexity index is 1930. The van der Waals surface area contributed by atoms with Crippen molar-refractivity contribution in [3.8, 4) is 23.1 Å². The van der Waals surface area contributed by atoms with Crippen LogP contribution in [0.5, 0.6) is 11.9 Å². The number of nitrogens with zero attached hydrogens (tertiary/aromatic N) is 6. The van der Waals surface area contributed by atoms with Crippen molar-refractivity contribution < 1.29 is 23.7 Å². The Morgan fingerprint density at radius 2 is 1.96 bits per heavy atom. The van der Waals surface area contributed by atoms with Crippen molar-refractivity contribution in [1.82, 2.24) is 30.0 Å². The van der Waals surface area contributed by atoms with Gasteiger partial charge in [-0.2, -0.15) is 15.1 Å². The van der Waals surface area contributed by atoms with Crippen LogP contribution in [0.3, 0.4) is 0 Å².